The van der Waals surface area contributed by atoms with Gasteiger partial charge in [-0.2, -0.15) is 0 Å². The smallest absolute Gasteiger partial charge is 0.406 e. The van der Waals surface area contributed by atoms with Gasteiger partial charge in [0.25, 0.3) is 5.91 Å². The van der Waals surface area contributed by atoms with Crippen LogP contribution in [-0.2, 0) is 0 Å². The van der Waals surface area contributed by atoms with E-state index in [2.05, 4.69) is 10.1 Å². The highest BCUT2D eigenvalue weighted by atomic mass is 19.4. The molecule has 0 unspecified atom stereocenters. The van der Waals surface area contributed by atoms with Crippen LogP contribution in [0.5, 0.6) is 5.75 Å². The number of alkyl halides is 3. The van der Waals surface area contributed by atoms with Crippen LogP contribution in [0.4, 0.5) is 13.2 Å². The molecule has 0 aromatic heterocycles. The van der Waals surface area contributed by atoms with E-state index in [1.54, 1.807) is 4.90 Å². The van der Waals surface area contributed by atoms with Gasteiger partial charge in [0.15, 0.2) is 0 Å². The number of halogens is 3. The van der Waals surface area contributed by atoms with E-state index in [-0.39, 0.29) is 22.8 Å². The lowest BCUT2D eigenvalue weighted by molar-refractivity contribution is -0.274. The lowest BCUT2D eigenvalue weighted by Gasteiger charge is -2.34. The molecule has 1 aromatic rings. The van der Waals surface area contributed by atoms with Crippen LogP contribution in [0.25, 0.3) is 0 Å². The molecule has 3 rings (SSSR count). The molecule has 1 aliphatic carbocycles. The molecule has 1 heterocycles. The van der Waals surface area contributed by atoms with Gasteiger partial charge in [0, 0.05) is 30.7 Å². The minimum Gasteiger partial charge on any atom is -0.406 e. The Morgan fingerprint density at radius 3 is 2.76 bits per heavy atom. The van der Waals surface area contributed by atoms with Gasteiger partial charge >= 0.3 is 6.36 Å². The van der Waals surface area contributed by atoms with Gasteiger partial charge in [-0.25, -0.2) is 0 Å². The molecule has 1 aromatic carbocycles. The Labute approximate surface area is 119 Å². The largest absolute Gasteiger partial charge is 0.573 e. The van der Waals surface area contributed by atoms with E-state index in [4.69, 9.17) is 0 Å². The van der Waals surface area contributed by atoms with E-state index >= 15 is 0 Å². The minimum atomic E-state index is -4.76. The maximum Gasteiger partial charge on any atom is 0.573 e. The van der Waals surface area contributed by atoms with Crippen molar-refractivity contribution in [3.05, 3.63) is 29.8 Å². The van der Waals surface area contributed by atoms with Crippen molar-refractivity contribution in [3.8, 4) is 5.75 Å². The lowest BCUT2D eigenvalue weighted by atomic mass is 10.1. The molecule has 1 N–H and O–H groups in total. The molecule has 7 heteroatoms. The first-order chi connectivity index (χ1) is 9.87. The fourth-order valence-corrected chi connectivity index (χ4v) is 2.62. The van der Waals surface area contributed by atoms with Gasteiger partial charge in [0.2, 0.25) is 0 Å². The Morgan fingerprint density at radius 1 is 1.33 bits per heavy atom. The van der Waals surface area contributed by atoms with E-state index in [0.717, 1.165) is 18.9 Å². The summed E-state index contributed by atoms with van der Waals surface area (Å²) in [5, 5.41) is 3.38. The van der Waals surface area contributed by atoms with E-state index < -0.39 is 6.36 Å². The predicted molar refractivity (Wildman–Crippen MR) is 69.0 cm³/mol. The van der Waals surface area contributed by atoms with Crippen molar-refractivity contribution in [2.45, 2.75) is 24.7 Å². The van der Waals surface area contributed by atoms with Crippen molar-refractivity contribution >= 4 is 5.91 Å². The molecule has 0 radical (unpaired) electrons. The van der Waals surface area contributed by atoms with Crippen LogP contribution in [-0.4, -0.2) is 42.3 Å². The van der Waals surface area contributed by atoms with Gasteiger partial charge in [-0.05, 0) is 31.0 Å². The second kappa shape index (κ2) is 4.91. The van der Waals surface area contributed by atoms with Crippen LogP contribution in [0.1, 0.15) is 23.2 Å². The van der Waals surface area contributed by atoms with Gasteiger partial charge in [0.05, 0.1) is 0 Å². The first-order valence-corrected chi connectivity index (χ1v) is 6.77. The number of hydrogen-bond donors (Lipinski definition) is 1. The van der Waals surface area contributed by atoms with Gasteiger partial charge in [-0.1, -0.05) is 6.07 Å². The molecule has 114 valence electrons. The third-order valence-corrected chi connectivity index (χ3v) is 3.83. The molecule has 2 aliphatic rings. The first-order valence-electron chi connectivity index (χ1n) is 6.77. The summed E-state index contributed by atoms with van der Waals surface area (Å²) in [5.74, 6) is -0.625. The highest BCUT2D eigenvalue weighted by molar-refractivity contribution is 5.94. The summed E-state index contributed by atoms with van der Waals surface area (Å²) >= 11 is 0. The molecule has 1 amide bonds. The summed E-state index contributed by atoms with van der Waals surface area (Å²) in [6.45, 7) is 1.88. The SMILES string of the molecule is O=C(c1cccc(OC(F)(F)F)c1)N1CCNC2(CC2)C1. The fraction of sp³-hybridized carbons (Fsp3) is 0.500. The van der Waals surface area contributed by atoms with Crippen LogP contribution in [0.2, 0.25) is 0 Å². The first kappa shape index (κ1) is 14.2. The normalized spacial score (nSPS) is 20.4. The Kier molecular flexibility index (Phi) is 3.32. The summed E-state index contributed by atoms with van der Waals surface area (Å²) in [6.07, 6.45) is -2.68. The Hall–Kier alpha value is -1.76. The topological polar surface area (TPSA) is 41.6 Å². The Bertz CT molecular complexity index is 555. The zero-order chi connectivity index (χ0) is 15.1. The molecule has 0 bridgehead atoms. The molecular formula is C14H15F3N2O2. The number of nitrogens with zero attached hydrogens (tertiary/aromatic N) is 1. The average molecular weight is 300 g/mol. The van der Waals surface area contributed by atoms with Crippen molar-refractivity contribution in [1.82, 2.24) is 10.2 Å². The second-order valence-corrected chi connectivity index (χ2v) is 5.51. The van der Waals surface area contributed by atoms with E-state index in [0.29, 0.717) is 19.6 Å². The van der Waals surface area contributed by atoms with Gasteiger partial charge in [-0.3, -0.25) is 4.79 Å². The maximum absolute atomic E-state index is 12.4. The molecule has 1 aliphatic heterocycles. The predicted octanol–water partition coefficient (Wildman–Crippen LogP) is 2.16. The number of piperazine rings is 1. The number of carbonyl (C=O) groups is 1. The van der Waals surface area contributed by atoms with E-state index in [1.165, 1.54) is 18.2 Å². The molecule has 4 nitrogen and oxygen atoms in total. The molecule has 1 saturated heterocycles. The van der Waals surface area contributed by atoms with Crippen LogP contribution >= 0.6 is 0 Å². The monoisotopic (exact) mass is 300 g/mol. The van der Waals surface area contributed by atoms with E-state index in [9.17, 15) is 18.0 Å². The summed E-state index contributed by atoms with van der Waals surface area (Å²) in [5.41, 5.74) is 0.253. The number of rotatable bonds is 2. The molecule has 21 heavy (non-hydrogen) atoms. The number of ether oxygens (including phenoxy) is 1. The van der Waals surface area contributed by atoms with Crippen LogP contribution in [0.15, 0.2) is 24.3 Å². The number of nitrogens with one attached hydrogen (secondary N) is 1. The van der Waals surface area contributed by atoms with E-state index in [1.807, 2.05) is 0 Å². The zero-order valence-corrected chi connectivity index (χ0v) is 11.2. The van der Waals surface area contributed by atoms with Crippen LogP contribution in [0.3, 0.4) is 0 Å². The van der Waals surface area contributed by atoms with Crippen LogP contribution < -0.4 is 10.1 Å². The summed E-state index contributed by atoms with van der Waals surface area (Å²) in [6, 6.07) is 5.22. The Morgan fingerprint density at radius 2 is 2.10 bits per heavy atom. The van der Waals surface area contributed by atoms with Gasteiger partial charge in [-0.15, -0.1) is 13.2 Å². The van der Waals surface area contributed by atoms with Crippen molar-refractivity contribution < 1.29 is 22.7 Å². The number of carbonyl (C=O) groups excluding carboxylic acids is 1. The average Bonchev–Trinajstić information content (AvgIpc) is 3.15. The van der Waals surface area contributed by atoms with Crippen molar-refractivity contribution in [2.75, 3.05) is 19.6 Å². The van der Waals surface area contributed by atoms with Gasteiger partial charge < -0.3 is 15.0 Å². The van der Waals surface area contributed by atoms with Crippen molar-refractivity contribution in [3.63, 3.8) is 0 Å². The summed E-state index contributed by atoms with van der Waals surface area (Å²) in [4.78, 5) is 14.1. The van der Waals surface area contributed by atoms with Crippen LogP contribution in [0, 0.1) is 0 Å². The Balaban J connectivity index is 1.73. The van der Waals surface area contributed by atoms with Gasteiger partial charge in [0.1, 0.15) is 5.75 Å². The lowest BCUT2D eigenvalue weighted by Crippen LogP contribution is -2.54. The third-order valence-electron chi connectivity index (χ3n) is 3.83. The van der Waals surface area contributed by atoms with Crippen molar-refractivity contribution in [2.24, 2.45) is 0 Å². The number of benzene rings is 1. The quantitative estimate of drug-likeness (QED) is 0.910. The number of amides is 1. The maximum atomic E-state index is 12.4. The summed E-state index contributed by atoms with van der Waals surface area (Å²) < 4.78 is 40.5. The molecule has 0 atom stereocenters. The summed E-state index contributed by atoms with van der Waals surface area (Å²) in [7, 11) is 0. The highest BCUT2D eigenvalue weighted by Gasteiger charge is 2.46. The highest BCUT2D eigenvalue weighted by Crippen LogP contribution is 2.37. The fourth-order valence-electron chi connectivity index (χ4n) is 2.62. The number of hydrogen-bond acceptors (Lipinski definition) is 3. The third kappa shape index (κ3) is 3.29. The molecule has 1 saturated carbocycles. The molecule has 1 spiro atoms. The minimum absolute atomic E-state index is 0.0357. The second-order valence-electron chi connectivity index (χ2n) is 5.51. The van der Waals surface area contributed by atoms with Crippen molar-refractivity contribution in [1.29, 1.82) is 0 Å². The zero-order valence-electron chi connectivity index (χ0n) is 11.2. The molecular weight excluding hydrogens is 285 g/mol. The standard InChI is InChI=1S/C14H15F3N2O2/c15-14(16,17)21-11-3-1-2-10(8-11)12(20)19-7-6-18-13(9-19)4-5-13/h1-3,8,18H,4-7,9H2. The molecule has 2 fully saturated rings.